The van der Waals surface area contributed by atoms with Gasteiger partial charge in [-0.05, 0) is 23.3 Å². The van der Waals surface area contributed by atoms with Crippen molar-refractivity contribution in [2.24, 2.45) is 0 Å². The molecule has 4 nitrogen and oxygen atoms in total. The van der Waals surface area contributed by atoms with Crippen LogP contribution in [0.15, 0.2) is 48.5 Å². The molecule has 4 heteroatoms. The Morgan fingerprint density at radius 3 is 2.81 bits per heavy atom. The van der Waals surface area contributed by atoms with Crippen molar-refractivity contribution in [1.82, 2.24) is 5.32 Å². The normalized spacial score (nSPS) is 16.6. The Balaban J connectivity index is 1.86. The summed E-state index contributed by atoms with van der Waals surface area (Å²) >= 11 is 0. The molecule has 0 fully saturated rings. The Labute approximate surface area is 123 Å². The highest BCUT2D eigenvalue weighted by atomic mass is 16.1. The number of amides is 1. The molecule has 2 N–H and O–H groups in total. The summed E-state index contributed by atoms with van der Waals surface area (Å²) in [5.41, 5.74) is 3.25. The van der Waals surface area contributed by atoms with Crippen molar-refractivity contribution in [2.75, 3.05) is 11.9 Å². The first-order valence-electron chi connectivity index (χ1n) is 6.88. The van der Waals surface area contributed by atoms with Crippen LogP contribution < -0.4 is 10.6 Å². The molecule has 0 saturated heterocycles. The molecule has 2 aromatic rings. The minimum Gasteiger partial charge on any atom is -0.324 e. The van der Waals surface area contributed by atoms with Crippen LogP contribution in [0, 0.1) is 11.3 Å². The van der Waals surface area contributed by atoms with Crippen molar-refractivity contribution in [3.8, 4) is 6.07 Å². The number of nitrogens with zero attached hydrogens (tertiary/aromatic N) is 1. The number of carbonyl (C=O) groups excluding carboxylic acids is 1. The lowest BCUT2D eigenvalue weighted by atomic mass is 9.90. The summed E-state index contributed by atoms with van der Waals surface area (Å²) in [7, 11) is 0. The minimum atomic E-state index is -0.235. The number of benzene rings is 2. The van der Waals surface area contributed by atoms with E-state index in [2.05, 4.69) is 16.7 Å². The molecule has 1 aliphatic heterocycles. The van der Waals surface area contributed by atoms with Crippen molar-refractivity contribution in [2.45, 2.75) is 12.5 Å². The molecule has 0 bridgehead atoms. The molecule has 1 unspecified atom stereocenters. The summed E-state index contributed by atoms with van der Waals surface area (Å²) in [5.74, 6) is -0.320. The van der Waals surface area contributed by atoms with E-state index < -0.39 is 0 Å². The molecule has 1 atom stereocenters. The van der Waals surface area contributed by atoms with Crippen LogP contribution in [0.2, 0.25) is 0 Å². The Kier molecular flexibility index (Phi) is 3.67. The van der Waals surface area contributed by atoms with Crippen LogP contribution in [-0.2, 0) is 11.3 Å². The van der Waals surface area contributed by atoms with Gasteiger partial charge in [-0.25, -0.2) is 0 Å². The number of rotatable bonds is 2. The zero-order chi connectivity index (χ0) is 14.7. The predicted molar refractivity (Wildman–Crippen MR) is 80.7 cm³/mol. The monoisotopic (exact) mass is 277 g/mol. The standard InChI is InChI=1S/C17H15N3O/c18-9-12-5-2-4-8-16(12)20-17(21)15-11-19-10-13-6-1-3-7-14(13)15/h1-8,15,19H,10-11H2,(H,20,21). The molecule has 0 saturated carbocycles. The number of hydrogen-bond acceptors (Lipinski definition) is 3. The summed E-state index contributed by atoms with van der Waals surface area (Å²) in [6.07, 6.45) is 0. The van der Waals surface area contributed by atoms with Crippen molar-refractivity contribution in [1.29, 1.82) is 5.26 Å². The molecular formula is C17H15N3O. The highest BCUT2D eigenvalue weighted by Gasteiger charge is 2.26. The zero-order valence-corrected chi connectivity index (χ0v) is 11.5. The largest absolute Gasteiger partial charge is 0.324 e. The molecule has 21 heavy (non-hydrogen) atoms. The molecule has 104 valence electrons. The highest BCUT2D eigenvalue weighted by Crippen LogP contribution is 2.25. The number of anilines is 1. The Hall–Kier alpha value is -2.64. The van der Waals surface area contributed by atoms with E-state index in [1.54, 1.807) is 18.2 Å². The van der Waals surface area contributed by atoms with Gasteiger partial charge in [0.05, 0.1) is 17.2 Å². The third kappa shape index (κ3) is 2.64. The summed E-state index contributed by atoms with van der Waals surface area (Å²) in [4.78, 5) is 12.5. The van der Waals surface area contributed by atoms with Gasteiger partial charge in [-0.1, -0.05) is 36.4 Å². The molecular weight excluding hydrogens is 262 g/mol. The molecule has 3 rings (SSSR count). The van der Waals surface area contributed by atoms with E-state index >= 15 is 0 Å². The Bertz CT molecular complexity index is 718. The summed E-state index contributed by atoms with van der Waals surface area (Å²) in [6, 6.07) is 17.1. The molecule has 0 aromatic heterocycles. The molecule has 2 aromatic carbocycles. The van der Waals surface area contributed by atoms with Gasteiger partial charge in [-0.3, -0.25) is 4.79 Å². The Morgan fingerprint density at radius 1 is 1.19 bits per heavy atom. The zero-order valence-electron chi connectivity index (χ0n) is 11.5. The maximum absolute atomic E-state index is 12.5. The van der Waals surface area contributed by atoms with Gasteiger partial charge in [0, 0.05) is 13.1 Å². The van der Waals surface area contributed by atoms with Crippen LogP contribution in [0.25, 0.3) is 0 Å². The maximum atomic E-state index is 12.5. The van der Waals surface area contributed by atoms with E-state index in [0.29, 0.717) is 17.8 Å². The lowest BCUT2D eigenvalue weighted by molar-refractivity contribution is -0.117. The third-order valence-corrected chi connectivity index (χ3v) is 3.72. The van der Waals surface area contributed by atoms with E-state index in [1.807, 2.05) is 30.3 Å². The fraction of sp³-hybridized carbons (Fsp3) is 0.176. The second-order valence-electron chi connectivity index (χ2n) is 5.03. The molecule has 0 radical (unpaired) electrons. The molecule has 0 spiro atoms. The average Bonchev–Trinajstić information content (AvgIpc) is 2.54. The van der Waals surface area contributed by atoms with Gasteiger partial charge in [0.25, 0.3) is 0 Å². The topological polar surface area (TPSA) is 64.9 Å². The number of nitriles is 1. The van der Waals surface area contributed by atoms with Gasteiger partial charge in [0.2, 0.25) is 5.91 Å². The minimum absolute atomic E-state index is 0.0858. The highest BCUT2D eigenvalue weighted by molar-refractivity contribution is 5.97. The van der Waals surface area contributed by atoms with Crippen LogP contribution in [0.3, 0.4) is 0 Å². The number of fused-ring (bicyclic) bond motifs is 1. The van der Waals surface area contributed by atoms with Crippen molar-refractivity contribution in [3.63, 3.8) is 0 Å². The fourth-order valence-corrected chi connectivity index (χ4v) is 2.64. The van der Waals surface area contributed by atoms with Gasteiger partial charge in [0.15, 0.2) is 0 Å². The first-order chi connectivity index (χ1) is 10.3. The first-order valence-corrected chi connectivity index (χ1v) is 6.88. The van der Waals surface area contributed by atoms with Gasteiger partial charge >= 0.3 is 0 Å². The van der Waals surface area contributed by atoms with Crippen LogP contribution >= 0.6 is 0 Å². The van der Waals surface area contributed by atoms with E-state index in [4.69, 9.17) is 5.26 Å². The smallest absolute Gasteiger partial charge is 0.233 e. The van der Waals surface area contributed by atoms with Crippen LogP contribution in [0.5, 0.6) is 0 Å². The first kappa shape index (κ1) is 13.3. The fourth-order valence-electron chi connectivity index (χ4n) is 2.64. The van der Waals surface area contributed by atoms with Gasteiger partial charge < -0.3 is 10.6 Å². The quantitative estimate of drug-likeness (QED) is 0.885. The SMILES string of the molecule is N#Cc1ccccc1NC(=O)C1CNCc2ccccc21. The number of para-hydroxylation sites is 1. The molecule has 1 heterocycles. The summed E-state index contributed by atoms with van der Waals surface area (Å²) in [5, 5.41) is 15.2. The Morgan fingerprint density at radius 2 is 1.95 bits per heavy atom. The van der Waals surface area contributed by atoms with Gasteiger partial charge in [-0.15, -0.1) is 0 Å². The van der Waals surface area contributed by atoms with E-state index in [-0.39, 0.29) is 11.8 Å². The summed E-state index contributed by atoms with van der Waals surface area (Å²) in [6.45, 7) is 1.40. The maximum Gasteiger partial charge on any atom is 0.233 e. The van der Waals surface area contributed by atoms with E-state index in [1.165, 1.54) is 0 Å². The van der Waals surface area contributed by atoms with Crippen LogP contribution in [0.1, 0.15) is 22.6 Å². The van der Waals surface area contributed by atoms with Crippen molar-refractivity contribution < 1.29 is 4.79 Å². The van der Waals surface area contributed by atoms with Crippen molar-refractivity contribution >= 4 is 11.6 Å². The third-order valence-electron chi connectivity index (χ3n) is 3.72. The van der Waals surface area contributed by atoms with Crippen LogP contribution in [0.4, 0.5) is 5.69 Å². The summed E-state index contributed by atoms with van der Waals surface area (Å²) < 4.78 is 0. The van der Waals surface area contributed by atoms with Crippen molar-refractivity contribution in [3.05, 3.63) is 65.2 Å². The number of carbonyl (C=O) groups is 1. The lowest BCUT2D eigenvalue weighted by Gasteiger charge is -2.25. The van der Waals surface area contributed by atoms with E-state index in [9.17, 15) is 4.79 Å². The second kappa shape index (κ2) is 5.78. The predicted octanol–water partition coefficient (Wildman–Crippen LogP) is 2.38. The number of hydrogen-bond donors (Lipinski definition) is 2. The molecule has 1 aliphatic rings. The van der Waals surface area contributed by atoms with Crippen LogP contribution in [-0.4, -0.2) is 12.5 Å². The van der Waals surface area contributed by atoms with E-state index in [0.717, 1.165) is 17.7 Å². The second-order valence-corrected chi connectivity index (χ2v) is 5.03. The molecule has 0 aliphatic carbocycles. The lowest BCUT2D eigenvalue weighted by Crippen LogP contribution is -2.35. The van der Waals surface area contributed by atoms with Gasteiger partial charge in [-0.2, -0.15) is 5.26 Å². The van der Waals surface area contributed by atoms with Gasteiger partial charge in [0.1, 0.15) is 6.07 Å². The number of nitrogens with one attached hydrogen (secondary N) is 2. The average molecular weight is 277 g/mol. The molecule has 1 amide bonds.